The lowest BCUT2D eigenvalue weighted by Gasteiger charge is -2.06. The van der Waals surface area contributed by atoms with Crippen molar-refractivity contribution in [1.82, 2.24) is 0 Å². The zero-order chi connectivity index (χ0) is 19.1. The van der Waals surface area contributed by atoms with Gasteiger partial charge in [-0.25, -0.2) is 9.59 Å². The lowest BCUT2D eigenvalue weighted by Crippen LogP contribution is -2.08. The van der Waals surface area contributed by atoms with Gasteiger partial charge in [-0.2, -0.15) is 5.26 Å². The number of nitriles is 1. The Morgan fingerprint density at radius 2 is 1.92 bits per heavy atom. The molecule has 0 aromatic heterocycles. The Labute approximate surface area is 160 Å². The number of hydrogen-bond donors (Lipinski definition) is 0. The van der Waals surface area contributed by atoms with Crippen LogP contribution in [0.1, 0.15) is 22.8 Å². The van der Waals surface area contributed by atoms with Gasteiger partial charge in [0, 0.05) is 0 Å². The summed E-state index contributed by atoms with van der Waals surface area (Å²) in [6.45, 7) is 1.81. The van der Waals surface area contributed by atoms with Gasteiger partial charge in [-0.15, -0.1) is 0 Å². The number of benzene rings is 2. The molecule has 0 saturated carbocycles. The molecule has 2 aromatic rings. The number of carbonyl (C=O) groups excluding carboxylic acids is 2. The highest BCUT2D eigenvalue weighted by atomic mass is 35.5. The van der Waals surface area contributed by atoms with Gasteiger partial charge in [0.2, 0.25) is 0 Å². The summed E-state index contributed by atoms with van der Waals surface area (Å²) in [6, 6.07) is 12.6. The van der Waals surface area contributed by atoms with E-state index in [0.29, 0.717) is 10.6 Å². The van der Waals surface area contributed by atoms with Crippen LogP contribution in [0.25, 0.3) is 6.08 Å². The number of rotatable bonds is 5. The molecule has 0 fully saturated rings. The highest BCUT2D eigenvalue weighted by Crippen LogP contribution is 2.24. The van der Waals surface area contributed by atoms with Crippen molar-refractivity contribution in [2.75, 3.05) is 6.61 Å². The summed E-state index contributed by atoms with van der Waals surface area (Å²) < 4.78 is 10.1. The number of ether oxygens (including phenoxy) is 2. The standard InChI is InChI=1S/C19H13Cl2NO4/c1-2-25-18(23)14(11-22)8-12-4-3-5-15(9-12)26-19(24)13-6-7-16(20)17(21)10-13/h3-10H,2H2,1H3/b14-8+. The molecule has 5 nitrogen and oxygen atoms in total. The lowest BCUT2D eigenvalue weighted by molar-refractivity contribution is -0.137. The van der Waals surface area contributed by atoms with Crippen molar-refractivity contribution in [3.8, 4) is 11.8 Å². The summed E-state index contributed by atoms with van der Waals surface area (Å²) in [5.74, 6) is -1.08. The van der Waals surface area contributed by atoms with Gasteiger partial charge in [0.25, 0.3) is 0 Å². The fraction of sp³-hybridized carbons (Fsp3) is 0.105. The zero-order valence-electron chi connectivity index (χ0n) is 13.7. The van der Waals surface area contributed by atoms with E-state index in [9.17, 15) is 9.59 Å². The second-order valence-electron chi connectivity index (χ2n) is 4.98. The third kappa shape index (κ3) is 5.09. The number of hydrogen-bond acceptors (Lipinski definition) is 5. The average molecular weight is 390 g/mol. The molecule has 2 rings (SSSR count). The molecular formula is C19H13Cl2NO4. The monoisotopic (exact) mass is 389 g/mol. The van der Waals surface area contributed by atoms with Gasteiger partial charge in [0.15, 0.2) is 0 Å². The maximum absolute atomic E-state index is 12.2. The summed E-state index contributed by atoms with van der Waals surface area (Å²) in [5.41, 5.74) is 0.596. The Bertz CT molecular complexity index is 916. The van der Waals surface area contributed by atoms with Gasteiger partial charge in [0.05, 0.1) is 22.2 Å². The van der Waals surface area contributed by atoms with E-state index in [1.807, 2.05) is 0 Å². The van der Waals surface area contributed by atoms with Crippen molar-refractivity contribution >= 4 is 41.2 Å². The van der Waals surface area contributed by atoms with Crippen molar-refractivity contribution in [3.63, 3.8) is 0 Å². The van der Waals surface area contributed by atoms with Crippen LogP contribution >= 0.6 is 23.2 Å². The minimum atomic E-state index is -0.715. The lowest BCUT2D eigenvalue weighted by atomic mass is 10.1. The summed E-state index contributed by atoms with van der Waals surface area (Å²) in [5, 5.41) is 9.64. The van der Waals surface area contributed by atoms with E-state index >= 15 is 0 Å². The quantitative estimate of drug-likeness (QED) is 0.321. The van der Waals surface area contributed by atoms with Gasteiger partial charge in [-0.3, -0.25) is 0 Å². The minimum Gasteiger partial charge on any atom is -0.462 e. The van der Waals surface area contributed by atoms with Crippen molar-refractivity contribution in [3.05, 3.63) is 69.2 Å². The average Bonchev–Trinajstić information content (AvgIpc) is 2.62. The van der Waals surface area contributed by atoms with Crippen LogP contribution < -0.4 is 4.74 Å². The maximum Gasteiger partial charge on any atom is 0.348 e. The molecule has 0 bridgehead atoms. The molecule has 0 unspecified atom stereocenters. The van der Waals surface area contributed by atoms with Crippen LogP contribution in [0.15, 0.2) is 48.0 Å². The normalized spacial score (nSPS) is 10.8. The molecule has 0 aliphatic carbocycles. The fourth-order valence-corrected chi connectivity index (χ4v) is 2.27. The summed E-state index contributed by atoms with van der Waals surface area (Å²) >= 11 is 11.7. The van der Waals surface area contributed by atoms with Gasteiger partial charge >= 0.3 is 11.9 Å². The molecule has 0 aliphatic heterocycles. The van der Waals surface area contributed by atoms with E-state index in [1.54, 1.807) is 31.2 Å². The van der Waals surface area contributed by atoms with Crippen LogP contribution in [-0.2, 0) is 9.53 Å². The molecule has 0 radical (unpaired) electrons. The first kappa shape index (κ1) is 19.5. The molecule has 132 valence electrons. The predicted molar refractivity (Wildman–Crippen MR) is 98.1 cm³/mol. The largest absolute Gasteiger partial charge is 0.462 e. The predicted octanol–water partition coefficient (Wildman–Crippen LogP) is 4.68. The Hall–Kier alpha value is -2.81. The highest BCUT2D eigenvalue weighted by molar-refractivity contribution is 6.42. The van der Waals surface area contributed by atoms with E-state index in [4.69, 9.17) is 37.9 Å². The summed E-state index contributed by atoms with van der Waals surface area (Å²) in [4.78, 5) is 23.9. The van der Waals surface area contributed by atoms with E-state index in [-0.39, 0.29) is 28.5 Å². The van der Waals surface area contributed by atoms with Crippen LogP contribution in [0, 0.1) is 11.3 Å². The Morgan fingerprint density at radius 1 is 1.15 bits per heavy atom. The first-order valence-electron chi connectivity index (χ1n) is 7.50. The third-order valence-electron chi connectivity index (χ3n) is 3.15. The number of nitrogens with zero attached hydrogens (tertiary/aromatic N) is 1. The SMILES string of the molecule is CCOC(=O)/C(C#N)=C/c1cccc(OC(=O)c2ccc(Cl)c(Cl)c2)c1. The van der Waals surface area contributed by atoms with Crippen molar-refractivity contribution in [2.24, 2.45) is 0 Å². The first-order chi connectivity index (χ1) is 12.4. The molecule has 0 spiro atoms. The van der Waals surface area contributed by atoms with Crippen molar-refractivity contribution in [2.45, 2.75) is 6.92 Å². The molecule has 0 amide bonds. The van der Waals surface area contributed by atoms with Gasteiger partial charge in [-0.1, -0.05) is 35.3 Å². The Morgan fingerprint density at radius 3 is 2.58 bits per heavy atom. The second kappa shape index (κ2) is 9.04. The van der Waals surface area contributed by atoms with E-state index in [0.717, 1.165) is 0 Å². The number of esters is 2. The van der Waals surface area contributed by atoms with Crippen molar-refractivity contribution < 1.29 is 19.1 Å². The van der Waals surface area contributed by atoms with Crippen LogP contribution in [0.2, 0.25) is 10.0 Å². The number of carbonyl (C=O) groups is 2. The van der Waals surface area contributed by atoms with Crippen LogP contribution in [0.5, 0.6) is 5.75 Å². The second-order valence-corrected chi connectivity index (χ2v) is 5.80. The molecular weight excluding hydrogens is 377 g/mol. The fourth-order valence-electron chi connectivity index (χ4n) is 1.97. The smallest absolute Gasteiger partial charge is 0.348 e. The molecule has 26 heavy (non-hydrogen) atoms. The zero-order valence-corrected chi connectivity index (χ0v) is 15.2. The minimum absolute atomic E-state index is 0.153. The molecule has 0 aliphatic rings. The first-order valence-corrected chi connectivity index (χ1v) is 8.26. The van der Waals surface area contributed by atoms with E-state index in [1.165, 1.54) is 30.3 Å². The summed E-state index contributed by atoms with van der Waals surface area (Å²) in [7, 11) is 0. The maximum atomic E-state index is 12.2. The Balaban J connectivity index is 2.21. The van der Waals surface area contributed by atoms with Crippen LogP contribution in [-0.4, -0.2) is 18.5 Å². The van der Waals surface area contributed by atoms with E-state index in [2.05, 4.69) is 0 Å². The highest BCUT2D eigenvalue weighted by Gasteiger charge is 2.12. The van der Waals surface area contributed by atoms with Crippen molar-refractivity contribution in [1.29, 1.82) is 5.26 Å². The van der Waals surface area contributed by atoms with Gasteiger partial charge in [0.1, 0.15) is 17.4 Å². The summed E-state index contributed by atoms with van der Waals surface area (Å²) in [6.07, 6.45) is 1.36. The number of halogens is 2. The van der Waals surface area contributed by atoms with E-state index < -0.39 is 11.9 Å². The van der Waals surface area contributed by atoms with Gasteiger partial charge in [-0.05, 0) is 48.9 Å². The molecule has 2 aromatic carbocycles. The van der Waals surface area contributed by atoms with Gasteiger partial charge < -0.3 is 9.47 Å². The Kier molecular flexibility index (Phi) is 6.79. The molecule has 0 atom stereocenters. The van der Waals surface area contributed by atoms with Crippen LogP contribution in [0.4, 0.5) is 0 Å². The molecule has 7 heteroatoms. The molecule has 0 heterocycles. The molecule has 0 N–H and O–H groups in total. The third-order valence-corrected chi connectivity index (χ3v) is 3.89. The van der Waals surface area contributed by atoms with Crippen LogP contribution in [0.3, 0.4) is 0 Å². The topological polar surface area (TPSA) is 76.4 Å². The molecule has 0 saturated heterocycles.